The number of urea groups is 1. The molecule has 2 unspecified atom stereocenters. The summed E-state index contributed by atoms with van der Waals surface area (Å²) < 4.78 is 5.23. The second-order valence-corrected chi connectivity index (χ2v) is 5.84. The van der Waals surface area contributed by atoms with Crippen LogP contribution in [0.2, 0.25) is 0 Å². The fourth-order valence-electron chi connectivity index (χ4n) is 1.75. The van der Waals surface area contributed by atoms with Gasteiger partial charge in [0, 0.05) is 20.1 Å². The van der Waals surface area contributed by atoms with Gasteiger partial charge in [-0.25, -0.2) is 4.79 Å². The molecule has 0 aliphatic rings. The van der Waals surface area contributed by atoms with Crippen molar-refractivity contribution >= 4 is 6.03 Å². The molecule has 1 aromatic carbocycles. The van der Waals surface area contributed by atoms with Crippen molar-refractivity contribution in [3.8, 4) is 0 Å². The number of benzene rings is 1. The zero-order chi connectivity index (χ0) is 15.9. The number of hydrogen-bond donors (Lipinski definition) is 3. The van der Waals surface area contributed by atoms with Crippen LogP contribution < -0.4 is 10.6 Å². The molecule has 21 heavy (non-hydrogen) atoms. The zero-order valence-corrected chi connectivity index (χ0v) is 13.2. The van der Waals surface area contributed by atoms with Crippen molar-refractivity contribution in [3.63, 3.8) is 0 Å². The number of rotatable bonds is 7. The average Bonchev–Trinajstić information content (AvgIpc) is 2.46. The predicted molar refractivity (Wildman–Crippen MR) is 83.2 cm³/mol. The average molecular weight is 294 g/mol. The molecule has 118 valence electrons. The summed E-state index contributed by atoms with van der Waals surface area (Å²) in [5, 5.41) is 15.6. The van der Waals surface area contributed by atoms with E-state index in [0.717, 1.165) is 5.56 Å². The minimum absolute atomic E-state index is 0.306. The quantitative estimate of drug-likeness (QED) is 0.717. The van der Waals surface area contributed by atoms with Crippen molar-refractivity contribution in [2.45, 2.75) is 44.9 Å². The predicted octanol–water partition coefficient (Wildman–Crippen LogP) is 1.70. The van der Waals surface area contributed by atoms with E-state index in [1.54, 1.807) is 14.0 Å². The molecule has 2 amide bonds. The van der Waals surface area contributed by atoms with Gasteiger partial charge in [0.25, 0.3) is 0 Å². The molecule has 0 radical (unpaired) electrons. The molecule has 1 aromatic rings. The minimum Gasteiger partial charge on any atom is -0.391 e. The van der Waals surface area contributed by atoms with Crippen LogP contribution in [0.3, 0.4) is 0 Å². The van der Waals surface area contributed by atoms with E-state index in [4.69, 9.17) is 4.74 Å². The van der Waals surface area contributed by atoms with Crippen LogP contribution in [0, 0.1) is 0 Å². The number of aliphatic hydroxyl groups is 1. The first-order chi connectivity index (χ1) is 9.84. The third-order valence-electron chi connectivity index (χ3n) is 3.45. The summed E-state index contributed by atoms with van der Waals surface area (Å²) in [6.07, 6.45) is -0.125. The van der Waals surface area contributed by atoms with Crippen molar-refractivity contribution in [2.24, 2.45) is 0 Å². The Bertz CT molecular complexity index is 434. The maximum Gasteiger partial charge on any atom is 0.315 e. The van der Waals surface area contributed by atoms with E-state index in [-0.39, 0.29) is 12.1 Å². The van der Waals surface area contributed by atoms with Gasteiger partial charge in [0.05, 0.1) is 17.7 Å². The van der Waals surface area contributed by atoms with Crippen LogP contribution in [0.4, 0.5) is 4.79 Å². The first kappa shape index (κ1) is 17.5. The Morgan fingerprint density at radius 2 is 1.95 bits per heavy atom. The molecular formula is C16H26N2O3. The lowest BCUT2D eigenvalue weighted by Crippen LogP contribution is -2.50. The topological polar surface area (TPSA) is 70.6 Å². The molecule has 0 heterocycles. The molecule has 0 spiro atoms. The Kier molecular flexibility index (Phi) is 6.65. The van der Waals surface area contributed by atoms with Crippen LogP contribution in [0.5, 0.6) is 0 Å². The SMILES string of the molecule is COC(C)(C)CNC(=O)NC(C)C(O)Cc1ccccc1. The molecule has 1 rings (SSSR count). The zero-order valence-electron chi connectivity index (χ0n) is 13.2. The van der Waals surface area contributed by atoms with Gasteiger partial charge in [-0.05, 0) is 26.3 Å². The number of hydrogen-bond acceptors (Lipinski definition) is 3. The fourth-order valence-corrected chi connectivity index (χ4v) is 1.75. The lowest BCUT2D eigenvalue weighted by Gasteiger charge is -2.25. The highest BCUT2D eigenvalue weighted by Crippen LogP contribution is 2.07. The Balaban J connectivity index is 2.38. The van der Waals surface area contributed by atoms with Gasteiger partial charge in [-0.2, -0.15) is 0 Å². The van der Waals surface area contributed by atoms with Gasteiger partial charge in [-0.3, -0.25) is 0 Å². The van der Waals surface area contributed by atoms with Gasteiger partial charge >= 0.3 is 6.03 Å². The fraction of sp³-hybridized carbons (Fsp3) is 0.562. The number of amides is 2. The molecule has 2 atom stereocenters. The van der Waals surface area contributed by atoms with Gasteiger partial charge in [-0.1, -0.05) is 30.3 Å². The number of carbonyl (C=O) groups is 1. The third-order valence-corrected chi connectivity index (χ3v) is 3.45. The molecule has 5 nitrogen and oxygen atoms in total. The Labute approximate surface area is 126 Å². The van der Waals surface area contributed by atoms with E-state index < -0.39 is 11.7 Å². The summed E-state index contributed by atoms with van der Waals surface area (Å²) in [7, 11) is 1.60. The molecule has 3 N–H and O–H groups in total. The first-order valence-electron chi connectivity index (χ1n) is 7.15. The van der Waals surface area contributed by atoms with Crippen molar-refractivity contribution in [1.29, 1.82) is 0 Å². The largest absolute Gasteiger partial charge is 0.391 e. The number of methoxy groups -OCH3 is 1. The van der Waals surface area contributed by atoms with E-state index in [0.29, 0.717) is 13.0 Å². The molecule has 0 aliphatic heterocycles. The highest BCUT2D eigenvalue weighted by Gasteiger charge is 2.20. The smallest absolute Gasteiger partial charge is 0.315 e. The Morgan fingerprint density at radius 1 is 1.33 bits per heavy atom. The third kappa shape index (κ3) is 6.60. The van der Waals surface area contributed by atoms with Crippen molar-refractivity contribution in [3.05, 3.63) is 35.9 Å². The second kappa shape index (κ2) is 8.00. The number of aliphatic hydroxyl groups excluding tert-OH is 1. The van der Waals surface area contributed by atoms with Crippen LogP contribution in [-0.4, -0.2) is 42.5 Å². The van der Waals surface area contributed by atoms with Crippen LogP contribution in [0.25, 0.3) is 0 Å². The summed E-state index contributed by atoms with van der Waals surface area (Å²) in [5.74, 6) is 0. The Hall–Kier alpha value is -1.59. The first-order valence-corrected chi connectivity index (χ1v) is 7.15. The minimum atomic E-state index is -0.631. The summed E-state index contributed by atoms with van der Waals surface area (Å²) in [6.45, 7) is 5.97. The van der Waals surface area contributed by atoms with E-state index in [1.165, 1.54) is 0 Å². The highest BCUT2D eigenvalue weighted by molar-refractivity contribution is 5.74. The van der Waals surface area contributed by atoms with Gasteiger partial charge < -0.3 is 20.5 Å². The van der Waals surface area contributed by atoms with Crippen molar-refractivity contribution in [2.75, 3.05) is 13.7 Å². The monoisotopic (exact) mass is 294 g/mol. The van der Waals surface area contributed by atoms with E-state index >= 15 is 0 Å². The molecular weight excluding hydrogens is 268 g/mol. The summed E-state index contributed by atoms with van der Waals surface area (Å²) in [4.78, 5) is 11.8. The van der Waals surface area contributed by atoms with Crippen LogP contribution in [0.1, 0.15) is 26.3 Å². The maximum absolute atomic E-state index is 11.8. The summed E-state index contributed by atoms with van der Waals surface area (Å²) in [6, 6.07) is 9.06. The standard InChI is InChI=1S/C16H26N2O3/c1-12(14(19)10-13-8-6-5-7-9-13)18-15(20)17-11-16(2,3)21-4/h5-9,12,14,19H,10-11H2,1-4H3,(H2,17,18,20). The van der Waals surface area contributed by atoms with E-state index in [1.807, 2.05) is 44.2 Å². The van der Waals surface area contributed by atoms with Crippen LogP contribution in [-0.2, 0) is 11.2 Å². The molecule has 0 saturated heterocycles. The maximum atomic E-state index is 11.8. The number of carbonyl (C=O) groups excluding carboxylic acids is 1. The molecule has 0 bridgehead atoms. The van der Waals surface area contributed by atoms with Crippen molar-refractivity contribution < 1.29 is 14.6 Å². The van der Waals surface area contributed by atoms with Gasteiger partial charge in [0.1, 0.15) is 0 Å². The Morgan fingerprint density at radius 3 is 2.52 bits per heavy atom. The molecule has 0 aromatic heterocycles. The molecule has 0 fully saturated rings. The van der Waals surface area contributed by atoms with Gasteiger partial charge in [0.15, 0.2) is 0 Å². The molecule has 0 aliphatic carbocycles. The van der Waals surface area contributed by atoms with Crippen LogP contribution >= 0.6 is 0 Å². The number of ether oxygens (including phenoxy) is 1. The normalized spacial score (nSPS) is 14.3. The summed E-state index contributed by atoms with van der Waals surface area (Å²) >= 11 is 0. The molecule has 0 saturated carbocycles. The number of nitrogens with one attached hydrogen (secondary N) is 2. The molecule has 5 heteroatoms. The lowest BCUT2D eigenvalue weighted by molar-refractivity contribution is 0.0251. The van der Waals surface area contributed by atoms with E-state index in [2.05, 4.69) is 10.6 Å². The lowest BCUT2D eigenvalue weighted by atomic mass is 10.0. The van der Waals surface area contributed by atoms with Crippen molar-refractivity contribution in [1.82, 2.24) is 10.6 Å². The summed E-state index contributed by atoms with van der Waals surface area (Å²) in [5.41, 5.74) is 0.628. The van der Waals surface area contributed by atoms with Gasteiger partial charge in [-0.15, -0.1) is 0 Å². The van der Waals surface area contributed by atoms with E-state index in [9.17, 15) is 9.90 Å². The van der Waals surface area contributed by atoms with Crippen LogP contribution in [0.15, 0.2) is 30.3 Å². The second-order valence-electron chi connectivity index (χ2n) is 5.84. The van der Waals surface area contributed by atoms with Gasteiger partial charge in [0.2, 0.25) is 0 Å². The highest BCUT2D eigenvalue weighted by atomic mass is 16.5.